The monoisotopic (exact) mass is 373 g/mol. The number of aryl methyl sites for hydroxylation is 1. The zero-order chi connectivity index (χ0) is 19.3. The molecule has 1 aromatic heterocycles. The van der Waals surface area contributed by atoms with Crippen molar-refractivity contribution in [3.63, 3.8) is 0 Å². The van der Waals surface area contributed by atoms with Gasteiger partial charge >= 0.3 is 0 Å². The van der Waals surface area contributed by atoms with Crippen LogP contribution in [0.5, 0.6) is 11.6 Å². The number of rotatable bonds is 6. The average molecular weight is 373 g/mol. The number of hydrogen-bond acceptors (Lipinski definition) is 4. The minimum atomic E-state index is -0.497. The lowest BCUT2D eigenvalue weighted by Crippen LogP contribution is -2.34. The van der Waals surface area contributed by atoms with Crippen molar-refractivity contribution in [1.29, 1.82) is 0 Å². The Hall–Kier alpha value is -3.18. The highest BCUT2D eigenvalue weighted by atomic mass is 16.5. The third-order valence-electron chi connectivity index (χ3n) is 5.09. The second kappa shape index (κ2) is 8.23. The van der Waals surface area contributed by atoms with E-state index < -0.39 is 5.91 Å². The van der Waals surface area contributed by atoms with Crippen molar-refractivity contribution in [1.82, 2.24) is 10.3 Å². The fourth-order valence-electron chi connectivity index (χ4n) is 3.53. The quantitative estimate of drug-likeness (QED) is 0.692. The summed E-state index contributed by atoms with van der Waals surface area (Å²) in [4.78, 5) is 15.3. The molecule has 3 aromatic rings. The van der Waals surface area contributed by atoms with Gasteiger partial charge in [0.2, 0.25) is 11.8 Å². The number of primary amides is 1. The van der Waals surface area contributed by atoms with Crippen molar-refractivity contribution in [2.45, 2.75) is 31.8 Å². The van der Waals surface area contributed by atoms with Gasteiger partial charge in [0.1, 0.15) is 5.75 Å². The van der Waals surface area contributed by atoms with Crippen molar-refractivity contribution in [3.05, 3.63) is 89.1 Å². The molecule has 28 heavy (non-hydrogen) atoms. The van der Waals surface area contributed by atoms with Crippen LogP contribution in [0.25, 0.3) is 0 Å². The molecule has 3 N–H and O–H groups in total. The summed E-state index contributed by atoms with van der Waals surface area (Å²) in [5, 5.41) is 3.67. The molecule has 0 saturated heterocycles. The van der Waals surface area contributed by atoms with Crippen LogP contribution in [0.2, 0.25) is 0 Å². The molecule has 1 atom stereocenters. The summed E-state index contributed by atoms with van der Waals surface area (Å²) in [5.74, 6) is 0.709. The van der Waals surface area contributed by atoms with Gasteiger partial charge in [0, 0.05) is 24.8 Å². The molecule has 1 amide bonds. The molecule has 0 radical (unpaired) electrons. The lowest BCUT2D eigenvalue weighted by atomic mass is 9.88. The Morgan fingerprint density at radius 1 is 1.11 bits per heavy atom. The molecule has 2 aromatic carbocycles. The smallest absolute Gasteiger partial charge is 0.250 e. The Bertz CT molecular complexity index is 955. The molecule has 5 nitrogen and oxygen atoms in total. The van der Waals surface area contributed by atoms with E-state index in [1.807, 2.05) is 12.1 Å². The summed E-state index contributed by atoms with van der Waals surface area (Å²) in [7, 11) is 0. The molecular weight excluding hydrogens is 350 g/mol. The number of fused-ring (bicyclic) bond motifs is 1. The maximum Gasteiger partial charge on any atom is 0.250 e. The van der Waals surface area contributed by atoms with Crippen LogP contribution in [0.1, 0.15) is 33.5 Å². The van der Waals surface area contributed by atoms with E-state index in [0.29, 0.717) is 17.5 Å². The van der Waals surface area contributed by atoms with Crippen LogP contribution in [0, 0.1) is 0 Å². The fraction of sp³-hybridized carbons (Fsp3) is 0.217. The normalized spacial score (nSPS) is 15.6. The van der Waals surface area contributed by atoms with Gasteiger partial charge in [-0.15, -0.1) is 0 Å². The van der Waals surface area contributed by atoms with Gasteiger partial charge in [-0.2, -0.15) is 0 Å². The Labute approximate surface area is 164 Å². The lowest BCUT2D eigenvalue weighted by Gasteiger charge is -2.26. The number of pyridine rings is 1. The molecule has 0 bridgehead atoms. The molecule has 0 spiro atoms. The van der Waals surface area contributed by atoms with Gasteiger partial charge in [0.25, 0.3) is 0 Å². The SMILES string of the molecule is NC(=O)c1ccc(Oc2ccc3c(c2)CCC(NCc2ccccc2)C3)nc1. The number of nitrogens with one attached hydrogen (secondary N) is 1. The lowest BCUT2D eigenvalue weighted by molar-refractivity contribution is 0.1000. The molecule has 0 fully saturated rings. The summed E-state index contributed by atoms with van der Waals surface area (Å²) in [6.45, 7) is 0.898. The molecule has 0 aliphatic heterocycles. The zero-order valence-corrected chi connectivity index (χ0v) is 15.6. The molecule has 0 saturated carbocycles. The number of nitrogens with two attached hydrogens (primary N) is 1. The first-order valence-corrected chi connectivity index (χ1v) is 9.50. The maximum atomic E-state index is 11.1. The minimum absolute atomic E-state index is 0.367. The summed E-state index contributed by atoms with van der Waals surface area (Å²) in [5.41, 5.74) is 9.60. The third-order valence-corrected chi connectivity index (χ3v) is 5.09. The molecule has 1 unspecified atom stereocenters. The largest absolute Gasteiger partial charge is 0.439 e. The van der Waals surface area contributed by atoms with Crippen LogP contribution >= 0.6 is 0 Å². The number of hydrogen-bond donors (Lipinski definition) is 2. The molecule has 4 rings (SSSR count). The molecule has 1 aliphatic carbocycles. The number of aromatic nitrogens is 1. The van der Waals surface area contributed by atoms with Gasteiger partial charge in [-0.3, -0.25) is 4.79 Å². The van der Waals surface area contributed by atoms with Crippen LogP contribution < -0.4 is 15.8 Å². The highest BCUT2D eigenvalue weighted by Crippen LogP contribution is 2.28. The standard InChI is InChI=1S/C23H23N3O2/c24-23(27)19-8-11-22(26-15-19)28-21-10-7-17-12-20(9-6-18(17)13-21)25-14-16-4-2-1-3-5-16/h1-5,7-8,10-11,13,15,20,25H,6,9,12,14H2,(H2,24,27). The van der Waals surface area contributed by atoms with E-state index in [2.05, 4.69) is 46.7 Å². The van der Waals surface area contributed by atoms with Crippen molar-refractivity contribution in [2.24, 2.45) is 5.73 Å². The number of carbonyl (C=O) groups excluding carboxylic acids is 1. The number of amides is 1. The van der Waals surface area contributed by atoms with Gasteiger partial charge in [-0.1, -0.05) is 36.4 Å². The maximum absolute atomic E-state index is 11.1. The van der Waals surface area contributed by atoms with Crippen molar-refractivity contribution >= 4 is 5.91 Å². The fourth-order valence-corrected chi connectivity index (χ4v) is 3.53. The van der Waals surface area contributed by atoms with Crippen LogP contribution in [0.4, 0.5) is 0 Å². The topological polar surface area (TPSA) is 77.2 Å². The Balaban J connectivity index is 1.37. The average Bonchev–Trinajstić information content (AvgIpc) is 2.73. The summed E-state index contributed by atoms with van der Waals surface area (Å²) in [6.07, 6.45) is 4.58. The van der Waals surface area contributed by atoms with E-state index in [1.165, 1.54) is 22.9 Å². The van der Waals surface area contributed by atoms with E-state index in [9.17, 15) is 4.79 Å². The third kappa shape index (κ3) is 4.38. The molecule has 1 heterocycles. The second-order valence-corrected chi connectivity index (χ2v) is 7.09. The molecule has 5 heteroatoms. The highest BCUT2D eigenvalue weighted by molar-refractivity contribution is 5.92. The van der Waals surface area contributed by atoms with Gasteiger partial charge in [-0.05, 0) is 54.2 Å². The Kier molecular flexibility index (Phi) is 5.35. The summed E-state index contributed by atoms with van der Waals surface area (Å²) >= 11 is 0. The molecular formula is C23H23N3O2. The van der Waals surface area contributed by atoms with E-state index in [1.54, 1.807) is 12.1 Å². The second-order valence-electron chi connectivity index (χ2n) is 7.09. The first kappa shape index (κ1) is 18.2. The molecule has 142 valence electrons. The van der Waals surface area contributed by atoms with E-state index >= 15 is 0 Å². The van der Waals surface area contributed by atoms with Crippen LogP contribution in [0.15, 0.2) is 66.9 Å². The van der Waals surface area contributed by atoms with Crippen molar-refractivity contribution < 1.29 is 9.53 Å². The Morgan fingerprint density at radius 3 is 2.71 bits per heavy atom. The Morgan fingerprint density at radius 2 is 1.96 bits per heavy atom. The predicted octanol–water partition coefficient (Wildman–Crippen LogP) is 3.62. The van der Waals surface area contributed by atoms with Gasteiger partial charge in [0.15, 0.2) is 0 Å². The number of carbonyl (C=O) groups is 1. The van der Waals surface area contributed by atoms with E-state index in [-0.39, 0.29) is 0 Å². The summed E-state index contributed by atoms with van der Waals surface area (Å²) < 4.78 is 5.83. The minimum Gasteiger partial charge on any atom is -0.439 e. The van der Waals surface area contributed by atoms with Crippen LogP contribution in [-0.4, -0.2) is 16.9 Å². The summed E-state index contributed by atoms with van der Waals surface area (Å²) in [6, 6.07) is 20.5. The highest BCUT2D eigenvalue weighted by Gasteiger charge is 2.19. The van der Waals surface area contributed by atoms with Crippen LogP contribution in [0.3, 0.4) is 0 Å². The van der Waals surface area contributed by atoms with Crippen LogP contribution in [-0.2, 0) is 19.4 Å². The first-order valence-electron chi connectivity index (χ1n) is 9.50. The van der Waals surface area contributed by atoms with E-state index in [0.717, 1.165) is 31.6 Å². The van der Waals surface area contributed by atoms with Gasteiger partial charge in [-0.25, -0.2) is 4.98 Å². The van der Waals surface area contributed by atoms with Crippen molar-refractivity contribution in [2.75, 3.05) is 0 Å². The first-order chi connectivity index (χ1) is 13.7. The van der Waals surface area contributed by atoms with Gasteiger partial charge in [0.05, 0.1) is 5.56 Å². The number of ether oxygens (including phenoxy) is 1. The number of nitrogens with zero attached hydrogens (tertiary/aromatic N) is 1. The van der Waals surface area contributed by atoms with E-state index in [4.69, 9.17) is 10.5 Å². The predicted molar refractivity (Wildman–Crippen MR) is 108 cm³/mol. The molecule has 1 aliphatic rings. The van der Waals surface area contributed by atoms with Gasteiger partial charge < -0.3 is 15.8 Å². The zero-order valence-electron chi connectivity index (χ0n) is 15.6. The van der Waals surface area contributed by atoms with Crippen molar-refractivity contribution in [3.8, 4) is 11.6 Å². The number of benzene rings is 2.